The van der Waals surface area contributed by atoms with E-state index in [-0.39, 0.29) is 31.2 Å². The average Bonchev–Trinajstić information content (AvgIpc) is 2.63. The zero-order valence-corrected chi connectivity index (χ0v) is 17.3. The fourth-order valence-electron chi connectivity index (χ4n) is 2.59. The summed E-state index contributed by atoms with van der Waals surface area (Å²) in [5.74, 6) is -1.78. The van der Waals surface area contributed by atoms with Gasteiger partial charge >= 0.3 is 0 Å². The van der Waals surface area contributed by atoms with E-state index in [2.05, 4.69) is 22.9 Å². The second-order valence-corrected chi connectivity index (χ2v) is 6.98. The largest absolute Gasteiger partial charge is 0.391 e. The molecule has 0 radical (unpaired) electrons. The Labute approximate surface area is 167 Å². The molecule has 0 aromatic rings. The highest BCUT2D eigenvalue weighted by molar-refractivity contribution is 5.93. The number of nitrogens with two attached hydrogens (primary N) is 1. The van der Waals surface area contributed by atoms with Gasteiger partial charge < -0.3 is 26.8 Å². The van der Waals surface area contributed by atoms with Gasteiger partial charge in [0.25, 0.3) is 0 Å². The molecule has 3 amide bonds. The summed E-state index contributed by atoms with van der Waals surface area (Å²) in [5, 5.41) is 17.2. The Morgan fingerprint density at radius 3 is 2.18 bits per heavy atom. The zero-order chi connectivity index (χ0) is 21.5. The van der Waals surface area contributed by atoms with Crippen LogP contribution in [0.1, 0.15) is 65.7 Å². The minimum atomic E-state index is -1.24. The number of unbranched alkanes of at least 4 members (excludes halogenated alkanes) is 4. The van der Waals surface area contributed by atoms with Gasteiger partial charge in [-0.2, -0.15) is 0 Å². The number of carbonyl (C=O) groups is 4. The van der Waals surface area contributed by atoms with E-state index < -0.39 is 30.0 Å². The van der Waals surface area contributed by atoms with Gasteiger partial charge in [-0.15, -0.1) is 0 Å². The van der Waals surface area contributed by atoms with E-state index in [1.54, 1.807) is 0 Å². The van der Waals surface area contributed by atoms with E-state index in [1.165, 1.54) is 13.8 Å². The Bertz CT molecular complexity index is 511. The standard InChI is InChI=1S/C19H36N4O5/c1-4-5-6-7-8-9-16(26)21-12-17(27)23-18(14(3)25)19(28)22-15(10-11-20)13(2)24/h14-15,18,25H,4-12,20H2,1-3H3,(H,21,26)(H,22,28)(H,23,27)/t14?,15-,18-/m0/s1. The van der Waals surface area contributed by atoms with Gasteiger partial charge in [-0.3, -0.25) is 19.2 Å². The zero-order valence-electron chi connectivity index (χ0n) is 17.3. The summed E-state index contributed by atoms with van der Waals surface area (Å²) in [7, 11) is 0. The Kier molecular flexibility index (Phi) is 13.9. The van der Waals surface area contributed by atoms with Crippen molar-refractivity contribution in [1.29, 1.82) is 0 Å². The summed E-state index contributed by atoms with van der Waals surface area (Å²) in [6, 6.07) is -2.01. The summed E-state index contributed by atoms with van der Waals surface area (Å²) in [6.07, 6.45) is 4.51. The molecule has 0 heterocycles. The second-order valence-electron chi connectivity index (χ2n) is 6.98. The fraction of sp³-hybridized carbons (Fsp3) is 0.789. The van der Waals surface area contributed by atoms with Crippen molar-refractivity contribution < 1.29 is 24.3 Å². The Hall–Kier alpha value is -2.00. The molecule has 0 bridgehead atoms. The summed E-state index contributed by atoms with van der Waals surface area (Å²) in [6.45, 7) is 4.72. The third-order valence-electron chi connectivity index (χ3n) is 4.30. The molecule has 3 atom stereocenters. The van der Waals surface area contributed by atoms with Crippen molar-refractivity contribution in [3.63, 3.8) is 0 Å². The van der Waals surface area contributed by atoms with Gasteiger partial charge in [-0.1, -0.05) is 32.6 Å². The maximum Gasteiger partial charge on any atom is 0.245 e. The smallest absolute Gasteiger partial charge is 0.245 e. The monoisotopic (exact) mass is 400 g/mol. The number of aliphatic hydroxyl groups excluding tert-OH is 1. The van der Waals surface area contributed by atoms with E-state index in [9.17, 15) is 24.3 Å². The molecule has 1 unspecified atom stereocenters. The molecule has 0 saturated heterocycles. The van der Waals surface area contributed by atoms with Crippen LogP contribution in [-0.2, 0) is 19.2 Å². The van der Waals surface area contributed by atoms with Crippen molar-refractivity contribution in [3.8, 4) is 0 Å². The number of carbonyl (C=O) groups excluding carboxylic acids is 4. The first-order valence-corrected chi connectivity index (χ1v) is 9.97. The van der Waals surface area contributed by atoms with Crippen molar-refractivity contribution in [2.45, 2.75) is 83.9 Å². The molecule has 0 aliphatic rings. The molecule has 0 aliphatic carbocycles. The lowest BCUT2D eigenvalue weighted by Crippen LogP contribution is -2.57. The first-order chi connectivity index (χ1) is 13.2. The average molecular weight is 401 g/mol. The molecule has 9 nitrogen and oxygen atoms in total. The van der Waals surface area contributed by atoms with Crippen LogP contribution in [0.4, 0.5) is 0 Å². The van der Waals surface area contributed by atoms with Crippen LogP contribution < -0.4 is 21.7 Å². The Balaban J connectivity index is 4.44. The van der Waals surface area contributed by atoms with Crippen molar-refractivity contribution >= 4 is 23.5 Å². The lowest BCUT2D eigenvalue weighted by atomic mass is 10.1. The van der Waals surface area contributed by atoms with Crippen LogP contribution in [0.25, 0.3) is 0 Å². The van der Waals surface area contributed by atoms with Crippen molar-refractivity contribution in [2.24, 2.45) is 5.73 Å². The fourth-order valence-corrected chi connectivity index (χ4v) is 2.59. The van der Waals surface area contributed by atoms with E-state index in [0.29, 0.717) is 6.42 Å². The van der Waals surface area contributed by atoms with Gasteiger partial charge in [-0.05, 0) is 33.2 Å². The first kappa shape index (κ1) is 26.0. The van der Waals surface area contributed by atoms with Gasteiger partial charge in [0.15, 0.2) is 5.78 Å². The second kappa shape index (κ2) is 15.0. The number of hydrogen-bond donors (Lipinski definition) is 5. The Morgan fingerprint density at radius 2 is 1.64 bits per heavy atom. The number of rotatable bonds is 15. The van der Waals surface area contributed by atoms with E-state index in [4.69, 9.17) is 5.73 Å². The summed E-state index contributed by atoms with van der Waals surface area (Å²) in [5.41, 5.74) is 5.42. The molecule has 0 aromatic heterocycles. The highest BCUT2D eigenvalue weighted by atomic mass is 16.3. The molecule has 162 valence electrons. The SMILES string of the molecule is CCCCCCCC(=O)NCC(=O)N[C@H](C(=O)N[C@@H](CCN)C(C)=O)C(C)O. The molecule has 0 aromatic carbocycles. The molecule has 0 aliphatic heterocycles. The first-order valence-electron chi connectivity index (χ1n) is 9.97. The van der Waals surface area contributed by atoms with Crippen LogP contribution in [0, 0.1) is 0 Å². The molecule has 0 saturated carbocycles. The molecule has 0 rings (SSSR count). The topological polar surface area (TPSA) is 151 Å². The van der Waals surface area contributed by atoms with Crippen molar-refractivity contribution in [1.82, 2.24) is 16.0 Å². The normalized spacial score (nSPS) is 13.9. The molecule has 0 spiro atoms. The third-order valence-corrected chi connectivity index (χ3v) is 4.30. The molecule has 28 heavy (non-hydrogen) atoms. The number of Topliss-reactive ketones (excluding diaryl/α,β-unsaturated/α-hetero) is 1. The van der Waals surface area contributed by atoms with Gasteiger partial charge in [0.1, 0.15) is 6.04 Å². The Morgan fingerprint density at radius 1 is 1.00 bits per heavy atom. The van der Waals surface area contributed by atoms with Crippen LogP contribution >= 0.6 is 0 Å². The lowest BCUT2D eigenvalue weighted by molar-refractivity contribution is -0.133. The number of ketones is 1. The summed E-state index contributed by atoms with van der Waals surface area (Å²) < 4.78 is 0. The number of hydrogen-bond acceptors (Lipinski definition) is 6. The van der Waals surface area contributed by atoms with Gasteiger partial charge in [-0.25, -0.2) is 0 Å². The molecule has 6 N–H and O–H groups in total. The highest BCUT2D eigenvalue weighted by Gasteiger charge is 2.28. The summed E-state index contributed by atoms with van der Waals surface area (Å²) >= 11 is 0. The minimum Gasteiger partial charge on any atom is -0.391 e. The third kappa shape index (κ3) is 11.7. The lowest BCUT2D eigenvalue weighted by Gasteiger charge is -2.23. The number of nitrogens with one attached hydrogen (secondary N) is 3. The summed E-state index contributed by atoms with van der Waals surface area (Å²) in [4.78, 5) is 47.6. The maximum absolute atomic E-state index is 12.3. The predicted octanol–water partition coefficient (Wildman–Crippen LogP) is -0.249. The maximum atomic E-state index is 12.3. The van der Waals surface area contributed by atoms with E-state index in [0.717, 1.165) is 32.1 Å². The predicted molar refractivity (Wildman–Crippen MR) is 106 cm³/mol. The van der Waals surface area contributed by atoms with Gasteiger partial charge in [0.05, 0.1) is 18.7 Å². The van der Waals surface area contributed by atoms with Crippen LogP contribution in [0.3, 0.4) is 0 Å². The number of amides is 3. The van der Waals surface area contributed by atoms with Crippen molar-refractivity contribution in [2.75, 3.05) is 13.1 Å². The minimum absolute atomic E-state index is 0.209. The van der Waals surface area contributed by atoms with Crippen LogP contribution in [0.15, 0.2) is 0 Å². The van der Waals surface area contributed by atoms with E-state index >= 15 is 0 Å². The quantitative estimate of drug-likeness (QED) is 0.239. The van der Waals surface area contributed by atoms with Crippen LogP contribution in [0.2, 0.25) is 0 Å². The highest BCUT2D eigenvalue weighted by Crippen LogP contribution is 2.04. The van der Waals surface area contributed by atoms with Gasteiger partial charge in [0.2, 0.25) is 17.7 Å². The molecule has 0 fully saturated rings. The van der Waals surface area contributed by atoms with Crippen LogP contribution in [-0.4, -0.2) is 59.9 Å². The van der Waals surface area contributed by atoms with Crippen LogP contribution in [0.5, 0.6) is 0 Å². The molecular formula is C19H36N4O5. The van der Waals surface area contributed by atoms with Crippen molar-refractivity contribution in [3.05, 3.63) is 0 Å². The van der Waals surface area contributed by atoms with Gasteiger partial charge in [0, 0.05) is 6.42 Å². The molecular weight excluding hydrogens is 364 g/mol. The number of aliphatic hydroxyl groups is 1. The van der Waals surface area contributed by atoms with E-state index in [1.807, 2.05) is 0 Å². The molecule has 9 heteroatoms.